The number of hydrogen-bond donors (Lipinski definition) is 2. The molecule has 2 aromatic carbocycles. The van der Waals surface area contributed by atoms with Gasteiger partial charge in [0.15, 0.2) is 5.78 Å². The summed E-state index contributed by atoms with van der Waals surface area (Å²) < 4.78 is 5.38. The van der Waals surface area contributed by atoms with E-state index in [2.05, 4.69) is 15.7 Å². The molecule has 30 heavy (non-hydrogen) atoms. The van der Waals surface area contributed by atoms with Gasteiger partial charge in [0.05, 0.1) is 36.0 Å². The molecule has 0 radical (unpaired) electrons. The van der Waals surface area contributed by atoms with Crippen molar-refractivity contribution in [2.45, 2.75) is 13.8 Å². The Balaban J connectivity index is 1.84. The highest BCUT2D eigenvalue weighted by molar-refractivity contribution is 6.07. The minimum absolute atomic E-state index is 0.0389. The van der Waals surface area contributed by atoms with Gasteiger partial charge in [-0.3, -0.25) is 20.2 Å². The fourth-order valence-electron chi connectivity index (χ4n) is 3.57. The van der Waals surface area contributed by atoms with Crippen LogP contribution in [-0.2, 0) is 4.79 Å². The second kappa shape index (κ2) is 8.29. The van der Waals surface area contributed by atoms with Crippen molar-refractivity contribution >= 4 is 27.9 Å². The highest BCUT2D eigenvalue weighted by atomic mass is 16.5. The number of rotatable bonds is 6. The van der Waals surface area contributed by atoms with Crippen molar-refractivity contribution in [1.82, 2.24) is 15.4 Å². The first kappa shape index (κ1) is 19.5. The third kappa shape index (κ3) is 3.72. The molecule has 0 fully saturated rings. The van der Waals surface area contributed by atoms with Crippen molar-refractivity contribution in [3.63, 3.8) is 0 Å². The molecular formula is C24H24N4O2. The fraction of sp³-hybridized carbons (Fsp3) is 0.167. The van der Waals surface area contributed by atoms with Gasteiger partial charge in [-0.05, 0) is 26.0 Å². The molecule has 0 aliphatic carbocycles. The van der Waals surface area contributed by atoms with E-state index in [1.165, 1.54) is 0 Å². The smallest absolute Gasteiger partial charge is 0.164 e. The van der Waals surface area contributed by atoms with Crippen LogP contribution >= 0.6 is 0 Å². The highest BCUT2D eigenvalue weighted by Gasteiger charge is 2.25. The Hall–Kier alpha value is -3.80. The number of carbonyl (C=O) groups is 1. The van der Waals surface area contributed by atoms with E-state index in [1.807, 2.05) is 72.9 Å². The number of anilines is 1. The molecule has 0 unspecified atom stereocenters. The molecule has 2 N–H and O–H groups in total. The number of nitrogens with zero attached hydrogens (tertiary/aromatic N) is 2. The Kier molecular flexibility index (Phi) is 5.39. The molecule has 1 aliphatic heterocycles. The monoisotopic (exact) mass is 400 g/mol. The van der Waals surface area contributed by atoms with Gasteiger partial charge in [0.1, 0.15) is 5.75 Å². The standard InChI is InChI=1S/C24H24N4O2/c1-4-28-15-22(26-21-14-25-13-18-8-5-6-11-20(18)21)23(16(2)29)24(27-28)17-9-7-10-19(12-17)30-3/h5-15,26-27H,4H2,1-3H3. The Morgan fingerprint density at radius 1 is 1.17 bits per heavy atom. The second-order valence-corrected chi connectivity index (χ2v) is 7.01. The van der Waals surface area contributed by atoms with Crippen LogP contribution in [0.2, 0.25) is 0 Å². The molecule has 3 aromatic rings. The van der Waals surface area contributed by atoms with E-state index in [9.17, 15) is 4.79 Å². The molecule has 1 aromatic heterocycles. The van der Waals surface area contributed by atoms with Gasteiger partial charge in [0, 0.05) is 35.3 Å². The van der Waals surface area contributed by atoms with Gasteiger partial charge in [-0.15, -0.1) is 0 Å². The van der Waals surface area contributed by atoms with Crippen molar-refractivity contribution in [2.75, 3.05) is 19.0 Å². The summed E-state index contributed by atoms with van der Waals surface area (Å²) in [7, 11) is 1.63. The lowest BCUT2D eigenvalue weighted by atomic mass is 9.99. The molecule has 1 aliphatic rings. The zero-order valence-corrected chi connectivity index (χ0v) is 17.3. The van der Waals surface area contributed by atoms with Crippen molar-refractivity contribution in [3.8, 4) is 5.75 Å². The van der Waals surface area contributed by atoms with E-state index in [0.717, 1.165) is 45.7 Å². The first-order valence-electron chi connectivity index (χ1n) is 9.85. The van der Waals surface area contributed by atoms with E-state index in [0.29, 0.717) is 5.57 Å². The van der Waals surface area contributed by atoms with Crippen LogP contribution in [0.4, 0.5) is 5.69 Å². The highest BCUT2D eigenvalue weighted by Crippen LogP contribution is 2.31. The summed E-state index contributed by atoms with van der Waals surface area (Å²) in [5.41, 5.74) is 7.13. The van der Waals surface area contributed by atoms with E-state index in [-0.39, 0.29) is 5.78 Å². The number of methoxy groups -OCH3 is 1. The Morgan fingerprint density at radius 3 is 2.77 bits per heavy atom. The predicted octanol–water partition coefficient (Wildman–Crippen LogP) is 4.34. The van der Waals surface area contributed by atoms with Gasteiger partial charge in [0.25, 0.3) is 0 Å². The maximum absolute atomic E-state index is 12.8. The van der Waals surface area contributed by atoms with Crippen LogP contribution in [0.3, 0.4) is 0 Å². The maximum atomic E-state index is 12.8. The normalized spacial score (nSPS) is 13.7. The van der Waals surface area contributed by atoms with Crippen LogP contribution in [0, 0.1) is 0 Å². The van der Waals surface area contributed by atoms with Crippen molar-refractivity contribution in [2.24, 2.45) is 0 Å². The number of carbonyl (C=O) groups excluding carboxylic acids is 1. The molecule has 0 spiro atoms. The minimum Gasteiger partial charge on any atom is -0.497 e. The van der Waals surface area contributed by atoms with Crippen molar-refractivity contribution in [1.29, 1.82) is 0 Å². The Bertz CT molecular complexity index is 1160. The van der Waals surface area contributed by atoms with Gasteiger partial charge >= 0.3 is 0 Å². The Morgan fingerprint density at radius 2 is 2.00 bits per heavy atom. The molecule has 2 heterocycles. The van der Waals surface area contributed by atoms with Crippen LogP contribution in [0.1, 0.15) is 19.4 Å². The fourth-order valence-corrected chi connectivity index (χ4v) is 3.57. The molecular weight excluding hydrogens is 376 g/mol. The molecule has 0 bridgehead atoms. The number of benzene rings is 2. The minimum atomic E-state index is -0.0389. The summed E-state index contributed by atoms with van der Waals surface area (Å²) in [4.78, 5) is 17.1. The van der Waals surface area contributed by atoms with Gasteiger partial charge in [-0.2, -0.15) is 0 Å². The lowest BCUT2D eigenvalue weighted by molar-refractivity contribution is -0.113. The van der Waals surface area contributed by atoms with Crippen LogP contribution in [0.5, 0.6) is 5.75 Å². The molecule has 0 saturated heterocycles. The molecule has 6 nitrogen and oxygen atoms in total. The van der Waals surface area contributed by atoms with Crippen LogP contribution in [-0.4, -0.2) is 29.4 Å². The quantitative estimate of drug-likeness (QED) is 0.642. The number of fused-ring (bicyclic) bond motifs is 1. The number of ether oxygens (including phenoxy) is 1. The number of allylic oxidation sites excluding steroid dienone is 1. The molecule has 6 heteroatoms. The molecule has 152 valence electrons. The lowest BCUT2D eigenvalue weighted by Crippen LogP contribution is -2.38. The first-order valence-corrected chi connectivity index (χ1v) is 9.85. The van der Waals surface area contributed by atoms with Crippen LogP contribution < -0.4 is 15.5 Å². The second-order valence-electron chi connectivity index (χ2n) is 7.01. The van der Waals surface area contributed by atoms with Gasteiger partial charge in [0.2, 0.25) is 0 Å². The summed E-state index contributed by atoms with van der Waals surface area (Å²) in [5, 5.41) is 7.48. The maximum Gasteiger partial charge on any atom is 0.164 e. The average molecular weight is 400 g/mol. The summed E-state index contributed by atoms with van der Waals surface area (Å²) in [6.07, 6.45) is 5.53. The summed E-state index contributed by atoms with van der Waals surface area (Å²) >= 11 is 0. The lowest BCUT2D eigenvalue weighted by Gasteiger charge is -2.32. The number of pyridine rings is 1. The molecule has 0 atom stereocenters. The molecule has 4 rings (SSSR count). The number of ketones is 1. The topological polar surface area (TPSA) is 66.5 Å². The van der Waals surface area contributed by atoms with E-state index in [4.69, 9.17) is 4.74 Å². The zero-order chi connectivity index (χ0) is 21.1. The first-order chi connectivity index (χ1) is 14.6. The van der Waals surface area contributed by atoms with Crippen LogP contribution in [0.15, 0.2) is 78.4 Å². The molecule has 0 saturated carbocycles. The van der Waals surface area contributed by atoms with E-state index in [1.54, 1.807) is 20.2 Å². The molecule has 0 amide bonds. The predicted molar refractivity (Wildman–Crippen MR) is 120 cm³/mol. The summed E-state index contributed by atoms with van der Waals surface area (Å²) in [6.45, 7) is 4.34. The average Bonchev–Trinajstić information content (AvgIpc) is 2.78. The number of Topliss-reactive ketones (excluding diaryl/α,β-unsaturated/α-hetero) is 1. The van der Waals surface area contributed by atoms with Crippen molar-refractivity contribution in [3.05, 3.63) is 84.0 Å². The Labute approximate surface area is 175 Å². The van der Waals surface area contributed by atoms with E-state index >= 15 is 0 Å². The van der Waals surface area contributed by atoms with Gasteiger partial charge in [-0.25, -0.2) is 0 Å². The summed E-state index contributed by atoms with van der Waals surface area (Å²) in [6, 6.07) is 15.7. The van der Waals surface area contributed by atoms with E-state index < -0.39 is 0 Å². The summed E-state index contributed by atoms with van der Waals surface area (Å²) in [5.74, 6) is 0.693. The van der Waals surface area contributed by atoms with Crippen molar-refractivity contribution < 1.29 is 9.53 Å². The third-order valence-corrected chi connectivity index (χ3v) is 5.05. The number of nitrogens with one attached hydrogen (secondary N) is 2. The SMILES string of the molecule is CCN1C=C(Nc2cncc3ccccc23)C(C(C)=O)=C(c2cccc(OC)c2)N1. The number of hydrazine groups is 1. The number of aromatic nitrogens is 1. The zero-order valence-electron chi connectivity index (χ0n) is 17.3. The van der Waals surface area contributed by atoms with Crippen LogP contribution in [0.25, 0.3) is 16.5 Å². The largest absolute Gasteiger partial charge is 0.497 e. The third-order valence-electron chi connectivity index (χ3n) is 5.05. The number of hydrogen-bond acceptors (Lipinski definition) is 6. The van der Waals surface area contributed by atoms with Gasteiger partial charge < -0.3 is 10.1 Å². The van der Waals surface area contributed by atoms with Gasteiger partial charge in [-0.1, -0.05) is 36.4 Å².